The number of aromatic nitrogens is 2. The van der Waals surface area contributed by atoms with E-state index in [2.05, 4.69) is 32.1 Å². The zero-order chi connectivity index (χ0) is 22.6. The predicted molar refractivity (Wildman–Crippen MR) is 130 cm³/mol. The second-order valence-corrected chi connectivity index (χ2v) is 9.03. The summed E-state index contributed by atoms with van der Waals surface area (Å²) in [5, 5.41) is 4.85. The minimum atomic E-state index is 0.125. The first kappa shape index (κ1) is 21.8. The average Bonchev–Trinajstić information content (AvgIpc) is 3.56. The molecule has 33 heavy (non-hydrogen) atoms. The molecule has 7 nitrogen and oxygen atoms in total. The number of piperazine rings is 1. The van der Waals surface area contributed by atoms with E-state index in [0.717, 1.165) is 42.5 Å². The molecule has 2 aliphatic rings. The second-order valence-electron chi connectivity index (χ2n) is 8.60. The van der Waals surface area contributed by atoms with E-state index in [1.165, 1.54) is 18.5 Å². The van der Waals surface area contributed by atoms with Crippen LogP contribution in [0.15, 0.2) is 53.1 Å². The van der Waals surface area contributed by atoms with Crippen molar-refractivity contribution in [3.8, 4) is 11.4 Å². The molecule has 1 amide bonds. The SMILES string of the molecule is O=C(CCc1nc(-c2ccc(N3CCCC3)cc2)no1)N1CCN(c2ccc(Cl)cc2)CC1. The van der Waals surface area contributed by atoms with Crippen LogP contribution in [0, 0.1) is 0 Å². The zero-order valence-corrected chi connectivity index (χ0v) is 19.4. The van der Waals surface area contributed by atoms with Gasteiger partial charge in [-0.05, 0) is 61.4 Å². The van der Waals surface area contributed by atoms with Gasteiger partial charge >= 0.3 is 0 Å². The van der Waals surface area contributed by atoms with Gasteiger partial charge < -0.3 is 19.2 Å². The number of aryl methyl sites for hydroxylation is 1. The lowest BCUT2D eigenvalue weighted by atomic mass is 10.2. The molecular formula is C25H28ClN5O2. The van der Waals surface area contributed by atoms with Gasteiger partial charge in [-0.1, -0.05) is 16.8 Å². The summed E-state index contributed by atoms with van der Waals surface area (Å²) in [5.74, 6) is 1.20. The summed E-state index contributed by atoms with van der Waals surface area (Å²) < 4.78 is 5.41. The molecule has 1 aromatic heterocycles. The quantitative estimate of drug-likeness (QED) is 0.541. The van der Waals surface area contributed by atoms with E-state index in [0.29, 0.717) is 37.6 Å². The Morgan fingerprint density at radius 3 is 2.12 bits per heavy atom. The Bertz CT molecular complexity index is 1070. The number of hydrogen-bond donors (Lipinski definition) is 0. The Morgan fingerprint density at radius 1 is 0.848 bits per heavy atom. The first-order chi connectivity index (χ1) is 16.2. The van der Waals surface area contributed by atoms with E-state index in [-0.39, 0.29) is 5.91 Å². The van der Waals surface area contributed by atoms with Gasteiger partial charge in [-0.3, -0.25) is 4.79 Å². The number of carbonyl (C=O) groups is 1. The summed E-state index contributed by atoms with van der Waals surface area (Å²) in [6, 6.07) is 16.1. The third-order valence-corrected chi connectivity index (χ3v) is 6.69. The van der Waals surface area contributed by atoms with Crippen molar-refractivity contribution in [2.45, 2.75) is 25.7 Å². The molecule has 0 unspecified atom stereocenters. The van der Waals surface area contributed by atoms with Gasteiger partial charge in [0.1, 0.15) is 0 Å². The zero-order valence-electron chi connectivity index (χ0n) is 18.6. The molecule has 0 radical (unpaired) electrons. The maximum Gasteiger partial charge on any atom is 0.227 e. The first-order valence-electron chi connectivity index (χ1n) is 11.6. The number of halogens is 1. The summed E-state index contributed by atoms with van der Waals surface area (Å²) in [4.78, 5) is 23.8. The number of anilines is 2. The topological polar surface area (TPSA) is 65.7 Å². The van der Waals surface area contributed by atoms with Crippen LogP contribution in [0.2, 0.25) is 5.02 Å². The average molecular weight is 466 g/mol. The van der Waals surface area contributed by atoms with Gasteiger partial charge in [-0.15, -0.1) is 0 Å². The third kappa shape index (κ3) is 5.14. The number of benzene rings is 2. The molecule has 3 aromatic rings. The lowest BCUT2D eigenvalue weighted by molar-refractivity contribution is -0.131. The molecule has 0 aliphatic carbocycles. The molecule has 2 aliphatic heterocycles. The minimum absolute atomic E-state index is 0.125. The van der Waals surface area contributed by atoms with Gasteiger partial charge in [0.05, 0.1) is 0 Å². The summed E-state index contributed by atoms with van der Waals surface area (Å²) >= 11 is 5.98. The molecule has 172 valence electrons. The van der Waals surface area contributed by atoms with Crippen LogP contribution in [-0.4, -0.2) is 60.2 Å². The molecular weight excluding hydrogens is 438 g/mol. The number of nitrogens with zero attached hydrogens (tertiary/aromatic N) is 5. The fraction of sp³-hybridized carbons (Fsp3) is 0.400. The number of rotatable bonds is 6. The minimum Gasteiger partial charge on any atom is -0.372 e. The highest BCUT2D eigenvalue weighted by Gasteiger charge is 2.22. The maximum atomic E-state index is 12.7. The van der Waals surface area contributed by atoms with E-state index >= 15 is 0 Å². The Labute approximate surface area is 198 Å². The van der Waals surface area contributed by atoms with Crippen molar-refractivity contribution >= 4 is 28.9 Å². The molecule has 8 heteroatoms. The van der Waals surface area contributed by atoms with Gasteiger partial charge in [0, 0.05) is 74.1 Å². The van der Waals surface area contributed by atoms with Crippen molar-refractivity contribution in [1.29, 1.82) is 0 Å². The molecule has 2 fully saturated rings. The summed E-state index contributed by atoms with van der Waals surface area (Å²) in [6.45, 7) is 5.28. The molecule has 0 bridgehead atoms. The highest BCUT2D eigenvalue weighted by molar-refractivity contribution is 6.30. The summed E-state index contributed by atoms with van der Waals surface area (Å²) in [6.07, 6.45) is 3.34. The van der Waals surface area contributed by atoms with E-state index in [4.69, 9.17) is 16.1 Å². The van der Waals surface area contributed by atoms with E-state index < -0.39 is 0 Å². The molecule has 0 saturated carbocycles. The Balaban J connectivity index is 1.11. The van der Waals surface area contributed by atoms with Crippen molar-refractivity contribution in [3.63, 3.8) is 0 Å². The van der Waals surface area contributed by atoms with Crippen molar-refractivity contribution in [1.82, 2.24) is 15.0 Å². The second kappa shape index (κ2) is 9.83. The number of hydrogen-bond acceptors (Lipinski definition) is 6. The van der Waals surface area contributed by atoms with Crippen LogP contribution in [0.4, 0.5) is 11.4 Å². The van der Waals surface area contributed by atoms with E-state index in [9.17, 15) is 4.79 Å². The molecule has 0 atom stereocenters. The van der Waals surface area contributed by atoms with Crippen LogP contribution >= 0.6 is 11.6 Å². The largest absolute Gasteiger partial charge is 0.372 e. The van der Waals surface area contributed by atoms with Crippen molar-refractivity contribution < 1.29 is 9.32 Å². The van der Waals surface area contributed by atoms with Crippen LogP contribution < -0.4 is 9.80 Å². The predicted octanol–water partition coefficient (Wildman–Crippen LogP) is 4.27. The van der Waals surface area contributed by atoms with Gasteiger partial charge in [-0.2, -0.15) is 4.98 Å². The van der Waals surface area contributed by atoms with Crippen LogP contribution in [0.25, 0.3) is 11.4 Å². The highest BCUT2D eigenvalue weighted by atomic mass is 35.5. The normalized spacial score (nSPS) is 16.5. The molecule has 2 saturated heterocycles. The van der Waals surface area contributed by atoms with Gasteiger partial charge in [-0.25, -0.2) is 0 Å². The van der Waals surface area contributed by atoms with Gasteiger partial charge in [0.15, 0.2) is 0 Å². The van der Waals surface area contributed by atoms with E-state index in [1.807, 2.05) is 41.3 Å². The first-order valence-corrected chi connectivity index (χ1v) is 12.0. The summed E-state index contributed by atoms with van der Waals surface area (Å²) in [5.41, 5.74) is 3.30. The van der Waals surface area contributed by atoms with Crippen LogP contribution in [-0.2, 0) is 11.2 Å². The number of amides is 1. The standard InChI is InChI=1S/C25H28ClN5O2/c26-20-5-9-22(10-6-20)30-15-17-31(18-16-30)24(32)12-11-23-27-25(28-33-23)19-3-7-21(8-4-19)29-13-1-2-14-29/h3-10H,1-2,11-18H2. The van der Waals surface area contributed by atoms with Gasteiger partial charge in [0.25, 0.3) is 0 Å². The fourth-order valence-corrected chi connectivity index (χ4v) is 4.63. The monoisotopic (exact) mass is 465 g/mol. The Kier molecular flexibility index (Phi) is 6.48. The molecule has 0 N–H and O–H groups in total. The van der Waals surface area contributed by atoms with Crippen molar-refractivity contribution in [3.05, 3.63) is 59.4 Å². The van der Waals surface area contributed by atoms with Crippen LogP contribution in [0.1, 0.15) is 25.2 Å². The third-order valence-electron chi connectivity index (χ3n) is 6.44. The Morgan fingerprint density at radius 2 is 1.45 bits per heavy atom. The van der Waals surface area contributed by atoms with Crippen LogP contribution in [0.3, 0.4) is 0 Å². The number of carbonyl (C=O) groups excluding carboxylic acids is 1. The lowest BCUT2D eigenvalue weighted by Gasteiger charge is -2.36. The van der Waals surface area contributed by atoms with Gasteiger partial charge in [0.2, 0.25) is 17.6 Å². The molecule has 0 spiro atoms. The highest BCUT2D eigenvalue weighted by Crippen LogP contribution is 2.24. The summed E-state index contributed by atoms with van der Waals surface area (Å²) in [7, 11) is 0. The Hall–Kier alpha value is -3.06. The lowest BCUT2D eigenvalue weighted by Crippen LogP contribution is -2.48. The molecule has 5 rings (SSSR count). The fourth-order valence-electron chi connectivity index (χ4n) is 4.51. The van der Waals surface area contributed by atoms with Crippen LogP contribution in [0.5, 0.6) is 0 Å². The maximum absolute atomic E-state index is 12.7. The molecule has 2 aromatic carbocycles. The van der Waals surface area contributed by atoms with Crippen molar-refractivity contribution in [2.24, 2.45) is 0 Å². The molecule has 3 heterocycles. The van der Waals surface area contributed by atoms with E-state index in [1.54, 1.807) is 0 Å². The smallest absolute Gasteiger partial charge is 0.227 e. The van der Waals surface area contributed by atoms with Crippen molar-refractivity contribution in [2.75, 3.05) is 49.1 Å².